The Bertz CT molecular complexity index is 907. The van der Waals surface area contributed by atoms with E-state index in [1.807, 2.05) is 41.8 Å². The topological polar surface area (TPSA) is 59.3 Å². The third-order valence-corrected chi connectivity index (χ3v) is 5.68. The summed E-state index contributed by atoms with van der Waals surface area (Å²) in [5.41, 5.74) is 3.40. The maximum Gasteiger partial charge on any atom is 0.233 e. The third kappa shape index (κ3) is 3.26. The second-order valence-electron chi connectivity index (χ2n) is 6.32. The number of aryl methyl sites for hydroxylation is 1. The number of hydrogen-bond donors (Lipinski definition) is 1. The van der Waals surface area contributed by atoms with Gasteiger partial charge in [0.1, 0.15) is 0 Å². The van der Waals surface area contributed by atoms with Crippen LogP contribution in [0.15, 0.2) is 53.8 Å². The number of amides is 1. The zero-order chi connectivity index (χ0) is 17.2. The fraction of sp³-hybridized carbons (Fsp3) is 0.316. The lowest BCUT2D eigenvalue weighted by atomic mass is 9.88. The minimum absolute atomic E-state index is 0.0411. The van der Waals surface area contributed by atoms with Gasteiger partial charge in [-0.2, -0.15) is 0 Å². The summed E-state index contributed by atoms with van der Waals surface area (Å²) in [6.07, 6.45) is 5.12. The smallest absolute Gasteiger partial charge is 0.233 e. The molecule has 128 valence electrons. The largest absolute Gasteiger partial charge is 0.348 e. The molecule has 0 saturated carbocycles. The molecule has 2 aromatic heterocycles. The Balaban J connectivity index is 1.46. The van der Waals surface area contributed by atoms with Crippen LogP contribution in [0.2, 0.25) is 0 Å². The van der Waals surface area contributed by atoms with Gasteiger partial charge in [0.2, 0.25) is 5.91 Å². The number of carbonyl (C=O) groups is 1. The Kier molecular flexibility index (Phi) is 4.44. The van der Waals surface area contributed by atoms with Gasteiger partial charge in [-0.1, -0.05) is 42.1 Å². The Hall–Kier alpha value is -2.34. The Morgan fingerprint density at radius 1 is 1.24 bits per heavy atom. The van der Waals surface area contributed by atoms with Gasteiger partial charge in [-0.15, -0.1) is 10.2 Å². The van der Waals surface area contributed by atoms with Crippen molar-refractivity contribution < 1.29 is 4.79 Å². The molecule has 1 amide bonds. The summed E-state index contributed by atoms with van der Waals surface area (Å²) >= 11 is 1.44. The van der Waals surface area contributed by atoms with E-state index < -0.39 is 0 Å². The lowest BCUT2D eigenvalue weighted by Gasteiger charge is -2.27. The summed E-state index contributed by atoms with van der Waals surface area (Å²) in [6, 6.07) is 14.3. The highest BCUT2D eigenvalue weighted by Gasteiger charge is 2.24. The van der Waals surface area contributed by atoms with Gasteiger partial charge in [-0.3, -0.25) is 9.20 Å². The van der Waals surface area contributed by atoms with E-state index in [-0.39, 0.29) is 17.2 Å². The van der Waals surface area contributed by atoms with Gasteiger partial charge >= 0.3 is 0 Å². The summed E-state index contributed by atoms with van der Waals surface area (Å²) in [5, 5.41) is 12.1. The number of hydrogen-bond acceptors (Lipinski definition) is 4. The molecular formula is C19H20N4OS. The van der Waals surface area contributed by atoms with Crippen LogP contribution in [0.4, 0.5) is 0 Å². The number of rotatable bonds is 4. The zero-order valence-electron chi connectivity index (χ0n) is 14.1. The number of pyridine rings is 1. The van der Waals surface area contributed by atoms with Gasteiger partial charge in [-0.25, -0.2) is 0 Å². The molecule has 0 saturated heterocycles. The molecular weight excluding hydrogens is 332 g/mol. The molecule has 0 radical (unpaired) electrons. The summed E-state index contributed by atoms with van der Waals surface area (Å²) in [5.74, 6) is 0.0411. The minimum atomic E-state index is -0.235. The van der Waals surface area contributed by atoms with Crippen LogP contribution in [-0.2, 0) is 11.2 Å². The van der Waals surface area contributed by atoms with Crippen molar-refractivity contribution in [1.29, 1.82) is 0 Å². The van der Waals surface area contributed by atoms with E-state index in [2.05, 4.69) is 33.7 Å². The molecule has 3 aromatic rings. The molecule has 6 heteroatoms. The van der Waals surface area contributed by atoms with Crippen molar-refractivity contribution >= 4 is 23.3 Å². The number of carbonyl (C=O) groups excluding carboxylic acids is 1. The van der Waals surface area contributed by atoms with Gasteiger partial charge < -0.3 is 5.32 Å². The third-order valence-electron chi connectivity index (χ3n) is 4.62. The van der Waals surface area contributed by atoms with Crippen molar-refractivity contribution in [2.75, 3.05) is 0 Å². The Morgan fingerprint density at radius 2 is 2.08 bits per heavy atom. The first kappa shape index (κ1) is 16.1. The highest BCUT2D eigenvalue weighted by atomic mass is 32.2. The zero-order valence-corrected chi connectivity index (χ0v) is 14.9. The first-order valence-corrected chi connectivity index (χ1v) is 9.45. The predicted octanol–water partition coefficient (Wildman–Crippen LogP) is 3.40. The Morgan fingerprint density at radius 3 is 3.00 bits per heavy atom. The molecule has 1 aliphatic carbocycles. The number of nitrogens with one attached hydrogen (secondary N) is 1. The molecule has 4 rings (SSSR count). The van der Waals surface area contributed by atoms with Crippen LogP contribution < -0.4 is 5.32 Å². The lowest BCUT2D eigenvalue weighted by Crippen LogP contribution is -2.36. The monoisotopic (exact) mass is 352 g/mol. The SMILES string of the molecule is C[C@@H](Sc1nnc2ccccn12)C(=O)N[C@H]1CCCc2ccccc21. The van der Waals surface area contributed by atoms with Crippen LogP contribution in [0.1, 0.15) is 36.9 Å². The molecule has 2 heterocycles. The lowest BCUT2D eigenvalue weighted by molar-refractivity contribution is -0.121. The average molecular weight is 352 g/mol. The van der Waals surface area contributed by atoms with Crippen molar-refractivity contribution in [3.63, 3.8) is 0 Å². The number of fused-ring (bicyclic) bond motifs is 2. The standard InChI is InChI=1S/C19H20N4OS/c1-13(25-19-22-21-17-11-4-5-12-23(17)19)18(24)20-16-10-6-8-14-7-2-3-9-15(14)16/h2-5,7,9,11-13,16H,6,8,10H2,1H3,(H,20,24)/t13-,16+/m1/s1. The van der Waals surface area contributed by atoms with E-state index in [1.165, 1.54) is 22.9 Å². The Labute approximate surface area is 150 Å². The second kappa shape index (κ2) is 6.88. The van der Waals surface area contributed by atoms with Gasteiger partial charge in [0, 0.05) is 6.20 Å². The van der Waals surface area contributed by atoms with Gasteiger partial charge in [0.15, 0.2) is 10.8 Å². The van der Waals surface area contributed by atoms with Crippen LogP contribution in [-0.4, -0.2) is 25.8 Å². The van der Waals surface area contributed by atoms with Crippen LogP contribution in [0.3, 0.4) is 0 Å². The van der Waals surface area contributed by atoms with Crippen LogP contribution >= 0.6 is 11.8 Å². The van der Waals surface area contributed by atoms with Crippen LogP contribution in [0, 0.1) is 0 Å². The summed E-state index contributed by atoms with van der Waals surface area (Å²) < 4.78 is 1.91. The number of benzene rings is 1. The molecule has 0 spiro atoms. The summed E-state index contributed by atoms with van der Waals surface area (Å²) in [4.78, 5) is 12.7. The summed E-state index contributed by atoms with van der Waals surface area (Å²) in [7, 11) is 0. The van der Waals surface area contributed by atoms with Crippen LogP contribution in [0.25, 0.3) is 5.65 Å². The molecule has 2 atom stereocenters. The second-order valence-corrected chi connectivity index (χ2v) is 7.63. The van der Waals surface area contributed by atoms with Crippen molar-refractivity contribution in [2.45, 2.75) is 42.6 Å². The molecule has 1 N–H and O–H groups in total. The number of nitrogens with zero attached hydrogens (tertiary/aromatic N) is 3. The number of thioether (sulfide) groups is 1. The molecule has 0 fully saturated rings. The molecule has 1 aromatic carbocycles. The molecule has 0 aliphatic heterocycles. The van der Waals surface area contributed by atoms with E-state index in [0.29, 0.717) is 0 Å². The summed E-state index contributed by atoms with van der Waals surface area (Å²) in [6.45, 7) is 1.92. The van der Waals surface area contributed by atoms with Crippen molar-refractivity contribution in [3.8, 4) is 0 Å². The van der Waals surface area contributed by atoms with Gasteiger partial charge in [0.25, 0.3) is 0 Å². The molecule has 0 unspecified atom stereocenters. The molecule has 0 bridgehead atoms. The maximum atomic E-state index is 12.7. The number of aromatic nitrogens is 3. The normalized spacial score (nSPS) is 17.9. The minimum Gasteiger partial charge on any atom is -0.348 e. The van der Waals surface area contributed by atoms with Gasteiger partial charge in [-0.05, 0) is 49.4 Å². The van der Waals surface area contributed by atoms with Crippen molar-refractivity contribution in [3.05, 3.63) is 59.8 Å². The van der Waals surface area contributed by atoms with Crippen molar-refractivity contribution in [1.82, 2.24) is 19.9 Å². The fourth-order valence-electron chi connectivity index (χ4n) is 3.30. The molecule has 5 nitrogen and oxygen atoms in total. The molecule has 1 aliphatic rings. The fourth-order valence-corrected chi connectivity index (χ4v) is 4.15. The predicted molar refractivity (Wildman–Crippen MR) is 98.6 cm³/mol. The van der Waals surface area contributed by atoms with Gasteiger partial charge in [0.05, 0.1) is 11.3 Å². The highest BCUT2D eigenvalue weighted by molar-refractivity contribution is 8.00. The van der Waals surface area contributed by atoms with E-state index in [1.54, 1.807) is 0 Å². The molecule has 25 heavy (non-hydrogen) atoms. The first-order valence-electron chi connectivity index (χ1n) is 8.57. The average Bonchev–Trinajstić information content (AvgIpc) is 3.05. The highest BCUT2D eigenvalue weighted by Crippen LogP contribution is 2.30. The van der Waals surface area contributed by atoms with E-state index in [9.17, 15) is 4.79 Å². The maximum absolute atomic E-state index is 12.7. The van der Waals surface area contributed by atoms with E-state index in [0.717, 1.165) is 30.1 Å². The van der Waals surface area contributed by atoms with Crippen molar-refractivity contribution in [2.24, 2.45) is 0 Å². The van der Waals surface area contributed by atoms with E-state index in [4.69, 9.17) is 0 Å². The first-order chi connectivity index (χ1) is 12.2. The van der Waals surface area contributed by atoms with Crippen LogP contribution in [0.5, 0.6) is 0 Å². The van der Waals surface area contributed by atoms with E-state index >= 15 is 0 Å². The quantitative estimate of drug-likeness (QED) is 0.731.